The van der Waals surface area contributed by atoms with Gasteiger partial charge in [0.1, 0.15) is 0 Å². The fourth-order valence-corrected chi connectivity index (χ4v) is 2.50. The third-order valence-corrected chi connectivity index (χ3v) is 4.06. The number of nitrogen functional groups attached to an aromatic ring is 1. The minimum absolute atomic E-state index is 0.846. The molecule has 0 unspecified atom stereocenters. The summed E-state index contributed by atoms with van der Waals surface area (Å²) in [5.41, 5.74) is 14.3. The van der Waals surface area contributed by atoms with Crippen LogP contribution < -0.4 is 5.73 Å². The molecule has 0 saturated carbocycles. The summed E-state index contributed by atoms with van der Waals surface area (Å²) in [6, 6.07) is 15.0. The highest BCUT2D eigenvalue weighted by Gasteiger charge is 2.04. The number of rotatable bonds is 4. The Morgan fingerprint density at radius 1 is 1.00 bits per heavy atom. The third kappa shape index (κ3) is 3.67. The molecule has 0 aromatic heterocycles. The highest BCUT2D eigenvalue weighted by atomic mass is 14.6. The Morgan fingerprint density at radius 2 is 1.64 bits per heavy atom. The van der Waals surface area contributed by atoms with Crippen LogP contribution in [0.4, 0.5) is 5.69 Å². The van der Waals surface area contributed by atoms with Crippen molar-refractivity contribution in [1.29, 1.82) is 0 Å². The van der Waals surface area contributed by atoms with E-state index in [2.05, 4.69) is 75.4 Å². The number of hydrogen-bond donors (Lipinski definition) is 1. The molecule has 0 bridgehead atoms. The van der Waals surface area contributed by atoms with E-state index >= 15 is 0 Å². The first-order valence-corrected chi connectivity index (χ1v) is 7.85. The van der Waals surface area contributed by atoms with Gasteiger partial charge in [-0.15, -0.1) is 0 Å². The van der Waals surface area contributed by atoms with Gasteiger partial charge in [-0.05, 0) is 61.1 Å². The second-order valence-electron chi connectivity index (χ2n) is 5.70. The van der Waals surface area contributed by atoms with E-state index in [-0.39, 0.29) is 0 Å². The Labute approximate surface area is 134 Å². The van der Waals surface area contributed by atoms with Gasteiger partial charge in [0.15, 0.2) is 0 Å². The molecule has 114 valence electrons. The van der Waals surface area contributed by atoms with Crippen LogP contribution in [0.5, 0.6) is 0 Å². The van der Waals surface area contributed by atoms with Gasteiger partial charge < -0.3 is 5.73 Å². The van der Waals surface area contributed by atoms with E-state index in [1.54, 1.807) is 0 Å². The summed E-state index contributed by atoms with van der Waals surface area (Å²) < 4.78 is 0. The van der Waals surface area contributed by atoms with E-state index in [0.29, 0.717) is 0 Å². The Morgan fingerprint density at radius 3 is 2.18 bits per heavy atom. The largest absolute Gasteiger partial charge is 0.398 e. The lowest BCUT2D eigenvalue weighted by Gasteiger charge is -2.10. The van der Waals surface area contributed by atoms with Crippen molar-refractivity contribution in [1.82, 2.24) is 0 Å². The van der Waals surface area contributed by atoms with Crippen molar-refractivity contribution >= 4 is 16.8 Å². The second kappa shape index (κ2) is 7.13. The molecule has 0 aliphatic carbocycles. The molecule has 22 heavy (non-hydrogen) atoms. The van der Waals surface area contributed by atoms with Crippen molar-refractivity contribution in [2.75, 3.05) is 5.73 Å². The van der Waals surface area contributed by atoms with Gasteiger partial charge in [0.25, 0.3) is 0 Å². The summed E-state index contributed by atoms with van der Waals surface area (Å²) in [7, 11) is 0. The normalized spacial score (nSPS) is 12.5. The van der Waals surface area contributed by atoms with Crippen molar-refractivity contribution < 1.29 is 0 Å². The van der Waals surface area contributed by atoms with E-state index in [9.17, 15) is 0 Å². The summed E-state index contributed by atoms with van der Waals surface area (Å²) in [5, 5.41) is 0. The van der Waals surface area contributed by atoms with Crippen molar-refractivity contribution in [3.8, 4) is 0 Å². The van der Waals surface area contributed by atoms with Gasteiger partial charge >= 0.3 is 0 Å². The van der Waals surface area contributed by atoms with Crippen molar-refractivity contribution in [2.24, 2.45) is 0 Å². The van der Waals surface area contributed by atoms with E-state index in [4.69, 9.17) is 5.73 Å². The van der Waals surface area contributed by atoms with Crippen LogP contribution in [0, 0.1) is 13.8 Å². The summed E-state index contributed by atoms with van der Waals surface area (Å²) in [5.74, 6) is 0. The maximum absolute atomic E-state index is 6.06. The van der Waals surface area contributed by atoms with Gasteiger partial charge in [-0.25, -0.2) is 0 Å². The molecule has 0 amide bonds. The number of benzene rings is 2. The first kappa shape index (κ1) is 16.1. The maximum atomic E-state index is 6.06. The summed E-state index contributed by atoms with van der Waals surface area (Å²) >= 11 is 0. The molecule has 0 spiro atoms. The predicted molar refractivity (Wildman–Crippen MR) is 98.7 cm³/mol. The molecule has 0 atom stereocenters. The average Bonchev–Trinajstić information content (AvgIpc) is 2.53. The van der Waals surface area contributed by atoms with Crippen LogP contribution in [-0.2, 0) is 0 Å². The standard InChI is InChI=1S/C21H25N/c1-5-17(19-10-7-15(3)8-11-19)13-18(6-2)20-12-9-16(4)21(22)14-20/h6-14H,5,22H2,1-4H3/b17-13+,18-6+. The van der Waals surface area contributed by atoms with Gasteiger partial charge in [-0.1, -0.05) is 61.0 Å². The Bertz CT molecular complexity index is 703. The third-order valence-electron chi connectivity index (χ3n) is 4.06. The summed E-state index contributed by atoms with van der Waals surface area (Å²) in [6.45, 7) is 8.42. The molecule has 0 saturated heterocycles. The molecular weight excluding hydrogens is 266 g/mol. The highest BCUT2D eigenvalue weighted by Crippen LogP contribution is 2.27. The zero-order valence-electron chi connectivity index (χ0n) is 14.0. The van der Waals surface area contributed by atoms with Crippen LogP contribution in [0.15, 0.2) is 54.6 Å². The van der Waals surface area contributed by atoms with Crippen LogP contribution >= 0.6 is 0 Å². The molecular formula is C21H25N. The Kier molecular flexibility index (Phi) is 5.21. The average molecular weight is 291 g/mol. The SMILES string of the molecule is C/C=C(\C=C(/CC)c1ccc(C)cc1)c1ccc(C)c(N)c1. The highest BCUT2D eigenvalue weighted by molar-refractivity contribution is 5.84. The fourth-order valence-electron chi connectivity index (χ4n) is 2.50. The first-order chi connectivity index (χ1) is 10.5. The van der Waals surface area contributed by atoms with Crippen LogP contribution in [0.3, 0.4) is 0 Å². The van der Waals surface area contributed by atoms with Crippen molar-refractivity contribution in [3.63, 3.8) is 0 Å². The molecule has 0 aliphatic rings. The van der Waals surface area contributed by atoms with Gasteiger partial charge in [0, 0.05) is 5.69 Å². The lowest BCUT2D eigenvalue weighted by Crippen LogP contribution is -1.92. The number of hydrogen-bond acceptors (Lipinski definition) is 1. The minimum atomic E-state index is 0.846. The lowest BCUT2D eigenvalue weighted by atomic mass is 9.96. The monoisotopic (exact) mass is 291 g/mol. The molecule has 1 heteroatoms. The quantitative estimate of drug-likeness (QED) is 0.560. The van der Waals surface area contributed by atoms with Gasteiger partial charge in [-0.3, -0.25) is 0 Å². The molecule has 0 heterocycles. The van der Waals surface area contributed by atoms with E-state index in [1.165, 1.54) is 27.8 Å². The van der Waals surface area contributed by atoms with Crippen molar-refractivity contribution in [2.45, 2.75) is 34.1 Å². The van der Waals surface area contributed by atoms with Crippen molar-refractivity contribution in [3.05, 3.63) is 76.9 Å². The van der Waals surface area contributed by atoms with Gasteiger partial charge in [0.2, 0.25) is 0 Å². The number of anilines is 1. The Hall–Kier alpha value is -2.28. The van der Waals surface area contributed by atoms with Crippen LogP contribution in [0.25, 0.3) is 11.1 Å². The fraction of sp³-hybridized carbons (Fsp3) is 0.238. The molecule has 1 nitrogen and oxygen atoms in total. The zero-order chi connectivity index (χ0) is 16.1. The molecule has 2 N–H and O–H groups in total. The molecule has 2 rings (SSSR count). The first-order valence-electron chi connectivity index (χ1n) is 7.85. The molecule has 2 aromatic carbocycles. The van der Waals surface area contributed by atoms with Crippen LogP contribution in [-0.4, -0.2) is 0 Å². The van der Waals surface area contributed by atoms with Crippen LogP contribution in [0.1, 0.15) is 42.5 Å². The molecule has 0 aliphatic heterocycles. The van der Waals surface area contributed by atoms with Gasteiger partial charge in [0.05, 0.1) is 0 Å². The van der Waals surface area contributed by atoms with E-state index in [0.717, 1.165) is 17.7 Å². The zero-order valence-corrected chi connectivity index (χ0v) is 14.0. The molecule has 2 aromatic rings. The topological polar surface area (TPSA) is 26.0 Å². The number of allylic oxidation sites excluding steroid dienone is 4. The summed E-state index contributed by atoms with van der Waals surface area (Å²) in [4.78, 5) is 0. The maximum Gasteiger partial charge on any atom is 0.0349 e. The predicted octanol–water partition coefficient (Wildman–Crippen LogP) is 5.78. The number of aryl methyl sites for hydroxylation is 2. The summed E-state index contributed by atoms with van der Waals surface area (Å²) in [6.07, 6.45) is 5.42. The smallest absolute Gasteiger partial charge is 0.0349 e. The van der Waals surface area contributed by atoms with E-state index < -0.39 is 0 Å². The Balaban J connectivity index is 2.41. The van der Waals surface area contributed by atoms with Crippen LogP contribution in [0.2, 0.25) is 0 Å². The molecule has 0 radical (unpaired) electrons. The minimum Gasteiger partial charge on any atom is -0.398 e. The molecule has 0 fully saturated rings. The van der Waals surface area contributed by atoms with Gasteiger partial charge in [-0.2, -0.15) is 0 Å². The van der Waals surface area contributed by atoms with E-state index in [1.807, 2.05) is 6.92 Å². The second-order valence-corrected chi connectivity index (χ2v) is 5.70. The lowest BCUT2D eigenvalue weighted by molar-refractivity contribution is 1.24. The number of nitrogens with two attached hydrogens (primary N) is 1.